The third-order valence-corrected chi connectivity index (χ3v) is 15.0. The average Bonchev–Trinajstić information content (AvgIpc) is 3.22. The number of hydrogen-bond acceptors (Lipinski definition) is 10. The fourth-order valence-corrected chi connectivity index (χ4v) is 9.77. The summed E-state index contributed by atoms with van der Waals surface area (Å²) in [5, 5.41) is 57.1. The third-order valence-electron chi connectivity index (χ3n) is 15.0. The summed E-state index contributed by atoms with van der Waals surface area (Å²) in [7, 11) is 0. The molecule has 0 aliphatic carbocycles. The smallest absolute Gasteiger partial charge is 0.306 e. The minimum absolute atomic E-state index is 0.0386. The highest BCUT2D eigenvalue weighted by Gasteiger charge is 2.47. The highest BCUT2D eigenvalue weighted by molar-refractivity contribution is 5.80. The van der Waals surface area contributed by atoms with Crippen LogP contribution in [0.2, 0.25) is 0 Å². The molecule has 0 spiro atoms. The lowest BCUT2D eigenvalue weighted by atomic mass is 9.99. The van der Waals surface area contributed by atoms with Crippen LogP contribution in [0.25, 0.3) is 0 Å². The Balaban J connectivity index is 2.64. The summed E-state index contributed by atoms with van der Waals surface area (Å²) in [6.45, 7) is 5.53. The van der Waals surface area contributed by atoms with Crippen LogP contribution in [0.4, 0.5) is 0 Å². The van der Waals surface area contributed by atoms with Crippen molar-refractivity contribution in [3.05, 3.63) is 134 Å². The fourth-order valence-electron chi connectivity index (χ4n) is 9.77. The van der Waals surface area contributed by atoms with Crippen molar-refractivity contribution >= 4 is 11.9 Å². The molecule has 0 aromatic heterocycles. The van der Waals surface area contributed by atoms with Crippen molar-refractivity contribution in [3.63, 3.8) is 0 Å². The normalized spacial score (nSPS) is 19.3. The van der Waals surface area contributed by atoms with Gasteiger partial charge in [-0.1, -0.05) is 276 Å². The predicted octanol–water partition coefficient (Wildman–Crippen LogP) is 17.2. The molecular formula is C74H123NO10. The molecule has 1 aliphatic heterocycles. The molecule has 0 bridgehead atoms. The topological polar surface area (TPSA) is 175 Å². The number of rotatable bonds is 56. The molecule has 8 unspecified atom stereocenters. The van der Waals surface area contributed by atoms with Crippen molar-refractivity contribution in [2.24, 2.45) is 0 Å². The van der Waals surface area contributed by atoms with E-state index < -0.39 is 67.4 Å². The van der Waals surface area contributed by atoms with Gasteiger partial charge in [-0.3, -0.25) is 9.59 Å². The van der Waals surface area contributed by atoms with Crippen LogP contribution in [0, 0.1) is 0 Å². The molecule has 1 heterocycles. The number of unbranched alkanes of at least 4 members (excludes halogenated alkanes) is 22. The quantitative estimate of drug-likeness (QED) is 0.0195. The van der Waals surface area contributed by atoms with Crippen molar-refractivity contribution in [2.75, 3.05) is 13.2 Å². The Kier molecular flexibility index (Phi) is 55.7. The van der Waals surface area contributed by atoms with Crippen LogP contribution in [0.15, 0.2) is 134 Å². The first-order valence-electron chi connectivity index (χ1n) is 34.0. The first-order chi connectivity index (χ1) is 41.7. The highest BCUT2D eigenvalue weighted by Crippen LogP contribution is 2.26. The van der Waals surface area contributed by atoms with Gasteiger partial charge in [-0.15, -0.1) is 0 Å². The number of esters is 1. The molecule has 6 N–H and O–H groups in total. The number of amides is 1. The van der Waals surface area contributed by atoms with Gasteiger partial charge in [0.2, 0.25) is 5.91 Å². The molecule has 85 heavy (non-hydrogen) atoms. The molecule has 0 radical (unpaired) electrons. The van der Waals surface area contributed by atoms with E-state index in [4.69, 9.17) is 14.2 Å². The van der Waals surface area contributed by atoms with Gasteiger partial charge in [0, 0.05) is 6.42 Å². The molecule has 0 aromatic rings. The molecule has 1 saturated heterocycles. The number of allylic oxidation sites excluding steroid dienone is 21. The second-order valence-corrected chi connectivity index (χ2v) is 22.8. The largest absolute Gasteiger partial charge is 0.454 e. The molecule has 11 nitrogen and oxygen atoms in total. The number of ether oxygens (including phenoxy) is 3. The molecule has 8 atom stereocenters. The zero-order valence-corrected chi connectivity index (χ0v) is 53.7. The number of nitrogens with one attached hydrogen (secondary N) is 1. The zero-order chi connectivity index (χ0) is 61.7. The number of hydrogen-bond donors (Lipinski definition) is 6. The summed E-state index contributed by atoms with van der Waals surface area (Å²) >= 11 is 0. The van der Waals surface area contributed by atoms with Gasteiger partial charge in [0.25, 0.3) is 0 Å². The van der Waals surface area contributed by atoms with E-state index in [9.17, 15) is 35.1 Å². The summed E-state index contributed by atoms with van der Waals surface area (Å²) in [6.07, 6.45) is 74.9. The average molecular weight is 1190 g/mol. The van der Waals surface area contributed by atoms with Crippen LogP contribution in [0.5, 0.6) is 0 Å². The highest BCUT2D eigenvalue weighted by atomic mass is 16.7. The molecule has 0 saturated carbocycles. The summed E-state index contributed by atoms with van der Waals surface area (Å²) in [4.78, 5) is 26.6. The van der Waals surface area contributed by atoms with E-state index in [1.807, 2.05) is 18.2 Å². The summed E-state index contributed by atoms with van der Waals surface area (Å²) < 4.78 is 17.6. The van der Waals surface area contributed by atoms with Crippen molar-refractivity contribution in [1.82, 2.24) is 5.32 Å². The third kappa shape index (κ3) is 47.5. The minimum atomic E-state index is -1.65. The van der Waals surface area contributed by atoms with Crippen LogP contribution in [0.1, 0.15) is 258 Å². The lowest BCUT2D eigenvalue weighted by Gasteiger charge is -2.41. The molecule has 484 valence electrons. The lowest BCUT2D eigenvalue weighted by molar-refractivity contribution is -0.305. The lowest BCUT2D eigenvalue weighted by Crippen LogP contribution is -2.61. The fraction of sp³-hybridized carbons (Fsp3) is 0.676. The van der Waals surface area contributed by atoms with Gasteiger partial charge < -0.3 is 45.1 Å². The van der Waals surface area contributed by atoms with Gasteiger partial charge in [0.05, 0.1) is 25.4 Å². The molecule has 1 fully saturated rings. The Labute approximate surface area is 518 Å². The molecule has 11 heteroatoms. The maximum Gasteiger partial charge on any atom is 0.306 e. The molecule has 1 aliphatic rings. The van der Waals surface area contributed by atoms with Gasteiger partial charge in [-0.25, -0.2) is 0 Å². The minimum Gasteiger partial charge on any atom is -0.454 e. The van der Waals surface area contributed by atoms with Gasteiger partial charge in [0.15, 0.2) is 12.4 Å². The van der Waals surface area contributed by atoms with Gasteiger partial charge in [-0.05, 0) is 109 Å². The van der Waals surface area contributed by atoms with Crippen LogP contribution in [-0.4, -0.2) is 99.6 Å². The van der Waals surface area contributed by atoms with Crippen molar-refractivity contribution < 1.29 is 49.3 Å². The van der Waals surface area contributed by atoms with E-state index >= 15 is 0 Å². The SMILES string of the molecule is CC/C=C\C/C=C\C/C=C\C/C=C\C/C=C\CCCCCCCCCCCCC(O)C(=O)NC(COC1OC(CO)C(O)C(O)C1OC(=O)CCC/C=C\C/C=C\C/C=C\C/C=C\C/C=C\CC)C(O)/C=C/CCCCCCCCCCCCC. The van der Waals surface area contributed by atoms with Crippen LogP contribution in [0.3, 0.4) is 0 Å². The van der Waals surface area contributed by atoms with Gasteiger partial charge in [-0.2, -0.15) is 0 Å². The maximum atomic E-state index is 13.5. The first kappa shape index (κ1) is 78.8. The van der Waals surface area contributed by atoms with E-state index in [1.54, 1.807) is 6.08 Å². The van der Waals surface area contributed by atoms with E-state index in [1.165, 1.54) is 89.9 Å². The van der Waals surface area contributed by atoms with E-state index in [-0.39, 0.29) is 19.4 Å². The van der Waals surface area contributed by atoms with E-state index in [0.29, 0.717) is 19.3 Å². The summed E-state index contributed by atoms with van der Waals surface area (Å²) in [6, 6.07) is -1.05. The van der Waals surface area contributed by atoms with Crippen LogP contribution < -0.4 is 5.32 Å². The molecular weight excluding hydrogens is 1060 g/mol. The summed E-state index contributed by atoms with van der Waals surface area (Å²) in [5.74, 6) is -1.27. The Morgan fingerprint density at radius 3 is 1.27 bits per heavy atom. The van der Waals surface area contributed by atoms with E-state index in [0.717, 1.165) is 116 Å². The zero-order valence-electron chi connectivity index (χ0n) is 53.7. The van der Waals surface area contributed by atoms with Crippen molar-refractivity contribution in [2.45, 2.75) is 307 Å². The van der Waals surface area contributed by atoms with Crippen LogP contribution >= 0.6 is 0 Å². The van der Waals surface area contributed by atoms with E-state index in [2.05, 4.69) is 135 Å². The van der Waals surface area contributed by atoms with Gasteiger partial charge in [0.1, 0.15) is 24.4 Å². The Bertz CT molecular complexity index is 1890. The second kappa shape index (κ2) is 60.1. The first-order valence-corrected chi connectivity index (χ1v) is 34.0. The molecule has 0 aromatic carbocycles. The number of carbonyl (C=O) groups excluding carboxylic acids is 2. The number of aliphatic hydroxyl groups excluding tert-OH is 5. The van der Waals surface area contributed by atoms with Gasteiger partial charge >= 0.3 is 5.97 Å². The maximum absolute atomic E-state index is 13.5. The Hall–Kier alpha value is -4.20. The number of carbonyl (C=O) groups is 2. The standard InChI is InChI=1S/C74H123NO10/c1-4-7-10-13-16-19-22-25-27-29-30-31-32-33-34-35-36-37-39-40-43-46-49-52-55-58-61-67(78)73(82)75-65(66(77)60-57-54-51-48-45-42-24-21-18-15-12-9-6-3)64-83-74-72(71(81)70(80)68(63-76)84-74)85-69(79)62-59-56-53-50-47-44-41-38-28-26-23-20-17-14-11-8-5-2/h7-8,10-11,16-17,19-20,25-28,30-31,33-34,41,44,50,53,57,60,65-68,70-72,74,76-78,80-81H,4-6,9,12-15,18,21-24,29,32,35-40,42-43,45-49,51-52,54-56,58-59,61-64H2,1-3H3,(H,75,82)/b10-7-,11-8-,19-16-,20-17-,27-25-,28-26-,31-30-,34-33-,44-41-,53-50-,60-57+. The summed E-state index contributed by atoms with van der Waals surface area (Å²) in [5.41, 5.74) is 0. The Morgan fingerprint density at radius 2 is 0.847 bits per heavy atom. The monoisotopic (exact) mass is 1190 g/mol. The molecule has 1 rings (SSSR count). The van der Waals surface area contributed by atoms with Crippen LogP contribution in [-0.2, 0) is 23.8 Å². The van der Waals surface area contributed by atoms with Crippen molar-refractivity contribution in [1.29, 1.82) is 0 Å². The van der Waals surface area contributed by atoms with Crippen molar-refractivity contribution in [3.8, 4) is 0 Å². The number of aliphatic hydroxyl groups is 5. The second-order valence-electron chi connectivity index (χ2n) is 22.8. The molecule has 1 amide bonds. The predicted molar refractivity (Wildman–Crippen MR) is 356 cm³/mol. The Morgan fingerprint density at radius 1 is 0.471 bits per heavy atom.